The SMILES string of the molecule is COc1cc(C(=O)NC(C)c2cccnc2)cc(Br)c1OCc1ccccc1. The van der Waals surface area contributed by atoms with Gasteiger partial charge in [0.25, 0.3) is 5.91 Å². The standard InChI is InChI=1S/C22H21BrN2O3/c1-15(17-9-6-10-24-13-17)25-22(26)18-11-19(23)21(20(12-18)27-2)28-14-16-7-4-3-5-8-16/h3-13,15H,14H2,1-2H3,(H,25,26). The Morgan fingerprint density at radius 3 is 2.64 bits per heavy atom. The van der Waals surface area contributed by atoms with Gasteiger partial charge < -0.3 is 14.8 Å². The summed E-state index contributed by atoms with van der Waals surface area (Å²) < 4.78 is 12.0. The summed E-state index contributed by atoms with van der Waals surface area (Å²) in [4.78, 5) is 16.8. The minimum Gasteiger partial charge on any atom is -0.493 e. The first kappa shape index (κ1) is 19.9. The maximum atomic E-state index is 12.7. The molecule has 1 atom stereocenters. The Hall–Kier alpha value is -2.86. The van der Waals surface area contributed by atoms with Crippen molar-refractivity contribution in [1.29, 1.82) is 0 Å². The fourth-order valence-electron chi connectivity index (χ4n) is 2.72. The topological polar surface area (TPSA) is 60.5 Å². The van der Waals surface area contributed by atoms with Crippen molar-refractivity contribution in [1.82, 2.24) is 10.3 Å². The van der Waals surface area contributed by atoms with Crippen LogP contribution in [0.2, 0.25) is 0 Å². The van der Waals surface area contributed by atoms with Gasteiger partial charge >= 0.3 is 0 Å². The molecule has 1 aromatic heterocycles. The van der Waals surface area contributed by atoms with Crippen molar-refractivity contribution < 1.29 is 14.3 Å². The molecule has 1 heterocycles. The van der Waals surface area contributed by atoms with Crippen molar-refractivity contribution in [2.24, 2.45) is 0 Å². The highest BCUT2D eigenvalue weighted by Gasteiger charge is 2.17. The number of nitrogens with one attached hydrogen (secondary N) is 1. The molecule has 5 nitrogen and oxygen atoms in total. The normalized spacial score (nSPS) is 11.5. The van der Waals surface area contributed by atoms with Crippen LogP contribution in [0.25, 0.3) is 0 Å². The van der Waals surface area contributed by atoms with E-state index in [2.05, 4.69) is 26.2 Å². The minimum absolute atomic E-state index is 0.167. The number of carbonyl (C=O) groups excluding carboxylic acids is 1. The number of nitrogens with zero attached hydrogens (tertiary/aromatic N) is 1. The Morgan fingerprint density at radius 1 is 1.18 bits per heavy atom. The fraction of sp³-hybridized carbons (Fsp3) is 0.182. The maximum absolute atomic E-state index is 12.7. The first-order valence-electron chi connectivity index (χ1n) is 8.83. The smallest absolute Gasteiger partial charge is 0.251 e. The number of pyridine rings is 1. The van der Waals surface area contributed by atoms with E-state index < -0.39 is 0 Å². The van der Waals surface area contributed by atoms with Gasteiger partial charge in [0.05, 0.1) is 17.6 Å². The maximum Gasteiger partial charge on any atom is 0.251 e. The van der Waals surface area contributed by atoms with E-state index in [1.54, 1.807) is 31.6 Å². The number of halogens is 1. The van der Waals surface area contributed by atoms with Crippen LogP contribution in [-0.4, -0.2) is 18.0 Å². The highest BCUT2D eigenvalue weighted by molar-refractivity contribution is 9.10. The number of benzene rings is 2. The first-order chi connectivity index (χ1) is 13.6. The van der Waals surface area contributed by atoms with Gasteiger partial charge in [-0.25, -0.2) is 0 Å². The summed E-state index contributed by atoms with van der Waals surface area (Å²) in [5.74, 6) is 0.845. The zero-order valence-corrected chi connectivity index (χ0v) is 17.3. The van der Waals surface area contributed by atoms with Gasteiger partial charge in [-0.1, -0.05) is 36.4 Å². The number of hydrogen-bond acceptors (Lipinski definition) is 4. The number of methoxy groups -OCH3 is 1. The van der Waals surface area contributed by atoms with Crippen molar-refractivity contribution in [3.05, 3.63) is 88.2 Å². The third kappa shape index (κ3) is 4.89. The summed E-state index contributed by atoms with van der Waals surface area (Å²) in [5.41, 5.74) is 2.46. The van der Waals surface area contributed by atoms with Crippen molar-refractivity contribution >= 4 is 21.8 Å². The van der Waals surface area contributed by atoms with E-state index in [4.69, 9.17) is 9.47 Å². The van der Waals surface area contributed by atoms with Crippen LogP contribution in [0.5, 0.6) is 11.5 Å². The average Bonchev–Trinajstić information content (AvgIpc) is 2.73. The predicted molar refractivity (Wildman–Crippen MR) is 112 cm³/mol. The molecule has 0 aliphatic rings. The molecule has 28 heavy (non-hydrogen) atoms. The molecule has 2 aromatic carbocycles. The molecule has 1 N–H and O–H groups in total. The Bertz CT molecular complexity index is 933. The molecule has 0 aliphatic carbocycles. The van der Waals surface area contributed by atoms with E-state index in [1.807, 2.05) is 49.4 Å². The van der Waals surface area contributed by atoms with Gasteiger partial charge in [-0.15, -0.1) is 0 Å². The number of amides is 1. The second-order valence-corrected chi connectivity index (χ2v) is 7.10. The summed E-state index contributed by atoms with van der Waals surface area (Å²) in [5, 5.41) is 2.97. The molecule has 0 aliphatic heterocycles. The van der Waals surface area contributed by atoms with Gasteiger partial charge in [0.1, 0.15) is 6.61 Å². The number of ether oxygens (including phenoxy) is 2. The number of aromatic nitrogens is 1. The summed E-state index contributed by atoms with van der Waals surface area (Å²) in [6, 6.07) is 16.9. The van der Waals surface area contributed by atoms with Crippen LogP contribution in [0.4, 0.5) is 0 Å². The molecule has 0 fully saturated rings. The summed E-state index contributed by atoms with van der Waals surface area (Å²) in [7, 11) is 1.55. The summed E-state index contributed by atoms with van der Waals surface area (Å²) >= 11 is 3.50. The van der Waals surface area contributed by atoms with Gasteiger partial charge in [-0.05, 0) is 52.2 Å². The second-order valence-electron chi connectivity index (χ2n) is 6.25. The lowest BCUT2D eigenvalue weighted by atomic mass is 10.1. The second kappa shape index (κ2) is 9.37. The molecular formula is C22H21BrN2O3. The Kier molecular flexibility index (Phi) is 6.66. The summed E-state index contributed by atoms with van der Waals surface area (Å²) in [6.45, 7) is 2.32. The van der Waals surface area contributed by atoms with Crippen molar-refractivity contribution in [3.63, 3.8) is 0 Å². The van der Waals surface area contributed by atoms with E-state index in [1.165, 1.54) is 0 Å². The van der Waals surface area contributed by atoms with Crippen LogP contribution in [0, 0.1) is 0 Å². The molecule has 3 rings (SSSR count). The molecule has 0 saturated carbocycles. The lowest BCUT2D eigenvalue weighted by Gasteiger charge is -2.17. The molecule has 6 heteroatoms. The van der Waals surface area contributed by atoms with Gasteiger partial charge in [0, 0.05) is 18.0 Å². The molecule has 144 valence electrons. The van der Waals surface area contributed by atoms with E-state index in [9.17, 15) is 4.79 Å². The van der Waals surface area contributed by atoms with E-state index in [0.29, 0.717) is 28.1 Å². The molecule has 1 amide bonds. The molecular weight excluding hydrogens is 420 g/mol. The van der Waals surface area contributed by atoms with Crippen molar-refractivity contribution in [2.45, 2.75) is 19.6 Å². The van der Waals surface area contributed by atoms with Crippen LogP contribution >= 0.6 is 15.9 Å². The van der Waals surface area contributed by atoms with Gasteiger partial charge in [-0.2, -0.15) is 0 Å². The van der Waals surface area contributed by atoms with E-state index >= 15 is 0 Å². The fourth-order valence-corrected chi connectivity index (χ4v) is 3.27. The quantitative estimate of drug-likeness (QED) is 0.565. The minimum atomic E-state index is -0.204. The molecule has 0 spiro atoms. The lowest BCUT2D eigenvalue weighted by Crippen LogP contribution is -2.26. The van der Waals surface area contributed by atoms with Crippen LogP contribution in [-0.2, 0) is 6.61 Å². The third-order valence-electron chi connectivity index (χ3n) is 4.25. The lowest BCUT2D eigenvalue weighted by molar-refractivity contribution is 0.0939. The highest BCUT2D eigenvalue weighted by Crippen LogP contribution is 2.37. The van der Waals surface area contributed by atoms with Crippen LogP contribution < -0.4 is 14.8 Å². The number of rotatable bonds is 7. The zero-order chi connectivity index (χ0) is 19.9. The number of carbonyl (C=O) groups is 1. The summed E-state index contributed by atoms with van der Waals surface area (Å²) in [6.07, 6.45) is 3.44. The molecule has 1 unspecified atom stereocenters. The van der Waals surface area contributed by atoms with Crippen LogP contribution in [0.1, 0.15) is 34.5 Å². The Balaban J connectivity index is 1.75. The largest absolute Gasteiger partial charge is 0.493 e. The monoisotopic (exact) mass is 440 g/mol. The van der Waals surface area contributed by atoms with Gasteiger partial charge in [-0.3, -0.25) is 9.78 Å². The Labute approximate surface area is 172 Å². The highest BCUT2D eigenvalue weighted by atomic mass is 79.9. The molecule has 3 aromatic rings. The zero-order valence-electron chi connectivity index (χ0n) is 15.7. The van der Waals surface area contributed by atoms with Crippen molar-refractivity contribution in [2.75, 3.05) is 7.11 Å². The first-order valence-corrected chi connectivity index (χ1v) is 9.63. The molecule has 0 saturated heterocycles. The molecule has 0 bridgehead atoms. The average molecular weight is 441 g/mol. The third-order valence-corrected chi connectivity index (χ3v) is 4.84. The van der Waals surface area contributed by atoms with E-state index in [-0.39, 0.29) is 11.9 Å². The predicted octanol–water partition coefficient (Wildman–Crippen LogP) is 4.92. The number of hydrogen-bond donors (Lipinski definition) is 1. The molecule has 0 radical (unpaired) electrons. The van der Waals surface area contributed by atoms with Gasteiger partial charge in [0.15, 0.2) is 11.5 Å². The van der Waals surface area contributed by atoms with Crippen LogP contribution in [0.3, 0.4) is 0 Å². The van der Waals surface area contributed by atoms with E-state index in [0.717, 1.165) is 11.1 Å². The Morgan fingerprint density at radius 2 is 1.96 bits per heavy atom. The van der Waals surface area contributed by atoms with Crippen LogP contribution in [0.15, 0.2) is 71.5 Å². The van der Waals surface area contributed by atoms with Gasteiger partial charge in [0.2, 0.25) is 0 Å². The van der Waals surface area contributed by atoms with Crippen molar-refractivity contribution in [3.8, 4) is 11.5 Å².